The molecule has 1 nitrogen and oxygen atoms in total. The molecule has 72 heavy (non-hydrogen) atoms. The Balaban J connectivity index is 0.921. The van der Waals surface area contributed by atoms with Crippen LogP contribution in [0.1, 0.15) is 68.2 Å². The topological polar surface area (TPSA) is 3.24 Å². The van der Waals surface area contributed by atoms with Gasteiger partial charge in [0.2, 0.25) is 0 Å². The van der Waals surface area contributed by atoms with Gasteiger partial charge >= 0.3 is 0 Å². The van der Waals surface area contributed by atoms with Crippen molar-refractivity contribution in [2.45, 2.75) is 56.8 Å². The maximum Gasteiger partial charge on any atom is 0.0540 e. The Morgan fingerprint density at radius 1 is 0.347 bits per heavy atom. The van der Waals surface area contributed by atoms with Gasteiger partial charge in [-0.3, -0.25) is 0 Å². The highest BCUT2D eigenvalue weighted by molar-refractivity contribution is 6.09. The highest BCUT2D eigenvalue weighted by Gasteiger charge is 2.61. The summed E-state index contributed by atoms with van der Waals surface area (Å²) in [6, 6.07) is 85.3. The summed E-state index contributed by atoms with van der Waals surface area (Å²) in [5.74, 6) is 3.14. The summed E-state index contributed by atoms with van der Waals surface area (Å²) in [6.07, 6.45) is 6.90. The lowest BCUT2D eigenvalue weighted by Gasteiger charge is -2.61. The van der Waals surface area contributed by atoms with Crippen LogP contribution in [0.3, 0.4) is 0 Å². The third-order valence-electron chi connectivity index (χ3n) is 18.5. The Morgan fingerprint density at radius 3 is 1.57 bits per heavy atom. The van der Waals surface area contributed by atoms with Gasteiger partial charge in [0.05, 0.1) is 5.69 Å². The molecule has 6 aliphatic carbocycles. The van der Waals surface area contributed by atoms with Crippen LogP contribution in [0.25, 0.3) is 77.5 Å². The van der Waals surface area contributed by atoms with Crippen molar-refractivity contribution in [1.29, 1.82) is 0 Å². The number of para-hydroxylation sites is 1. The third-order valence-corrected chi connectivity index (χ3v) is 18.5. The van der Waals surface area contributed by atoms with Gasteiger partial charge in [0.25, 0.3) is 0 Å². The number of anilines is 3. The number of rotatable bonds is 7. The van der Waals surface area contributed by atoms with Crippen molar-refractivity contribution in [3.8, 4) is 66.8 Å². The van der Waals surface area contributed by atoms with E-state index in [0.29, 0.717) is 11.8 Å². The molecular formula is C71H57N. The summed E-state index contributed by atoms with van der Waals surface area (Å²) in [5, 5.41) is 2.52. The summed E-state index contributed by atoms with van der Waals surface area (Å²) >= 11 is 0. The molecule has 0 atom stereocenters. The van der Waals surface area contributed by atoms with E-state index in [0.717, 1.165) is 17.5 Å². The van der Waals surface area contributed by atoms with Gasteiger partial charge in [-0.15, -0.1) is 0 Å². The van der Waals surface area contributed by atoms with Crippen LogP contribution in [0.2, 0.25) is 0 Å². The lowest BCUT2D eigenvalue weighted by Crippen LogP contribution is -2.55. The van der Waals surface area contributed by atoms with Gasteiger partial charge in [-0.05, 0) is 180 Å². The predicted molar refractivity (Wildman–Crippen MR) is 301 cm³/mol. The Morgan fingerprint density at radius 2 is 0.847 bits per heavy atom. The molecule has 10 aromatic carbocycles. The molecule has 0 saturated heterocycles. The molecule has 0 aromatic heterocycles. The Labute approximate surface area is 424 Å². The zero-order chi connectivity index (χ0) is 47.7. The highest BCUT2D eigenvalue weighted by atomic mass is 15.1. The van der Waals surface area contributed by atoms with Crippen LogP contribution in [0, 0.1) is 23.7 Å². The highest BCUT2D eigenvalue weighted by Crippen LogP contribution is 2.70. The second-order valence-electron chi connectivity index (χ2n) is 22.4. The van der Waals surface area contributed by atoms with E-state index in [1.54, 1.807) is 11.1 Å². The normalized spacial score (nSPS) is 21.4. The first-order chi connectivity index (χ1) is 35.4. The van der Waals surface area contributed by atoms with Crippen LogP contribution < -0.4 is 4.90 Å². The molecule has 0 heterocycles. The van der Waals surface area contributed by atoms with Crippen molar-refractivity contribution in [3.05, 3.63) is 247 Å². The lowest BCUT2D eigenvalue weighted by molar-refractivity contribution is -0.0399. The van der Waals surface area contributed by atoms with Gasteiger partial charge in [-0.2, -0.15) is 0 Å². The van der Waals surface area contributed by atoms with E-state index in [9.17, 15) is 0 Å². The standard InChI is InChI=1S/C71H57N/c1-70(2)64-30-11-8-24-58(64)63-29-16-28-62(69(63)70)56-22-7-6-21-54(56)48-33-35-52(36-34-48)72(67-32-13-10-25-60(67)61-27-15-20-49-19-14-26-55(68(49)61)47-17-4-3-5-18-47)53-37-38-59-57-23-9-12-31-65(57)71(66(59)44-53)50-40-45-39-46(42-50)43-51(71)41-45/h3-38,44-46,50-51H,39-43H2,1-2H3. The number of fused-ring (bicyclic) bond motifs is 7. The molecule has 4 fully saturated rings. The number of nitrogens with zero attached hydrogens (tertiary/aromatic N) is 1. The Hall–Kier alpha value is -7.74. The largest absolute Gasteiger partial charge is 0.310 e. The summed E-state index contributed by atoms with van der Waals surface area (Å²) in [6.45, 7) is 4.79. The van der Waals surface area contributed by atoms with Crippen LogP contribution in [0.4, 0.5) is 17.1 Å². The number of benzene rings is 10. The summed E-state index contributed by atoms with van der Waals surface area (Å²) in [5.41, 5.74) is 25.1. The van der Waals surface area contributed by atoms with Crippen LogP contribution in [0.15, 0.2) is 224 Å². The molecule has 0 amide bonds. The Bertz CT molecular complexity index is 3760. The fourth-order valence-electron chi connectivity index (χ4n) is 15.9. The monoisotopic (exact) mass is 923 g/mol. The zero-order valence-electron chi connectivity index (χ0n) is 41.2. The van der Waals surface area contributed by atoms with Crippen molar-refractivity contribution in [3.63, 3.8) is 0 Å². The first-order valence-corrected chi connectivity index (χ1v) is 26.6. The maximum absolute atomic E-state index is 2.66. The van der Waals surface area contributed by atoms with Gasteiger partial charge in [0, 0.05) is 27.8 Å². The first kappa shape index (κ1) is 42.0. The van der Waals surface area contributed by atoms with Crippen LogP contribution >= 0.6 is 0 Å². The van der Waals surface area contributed by atoms with Crippen LogP contribution in [-0.4, -0.2) is 0 Å². The second-order valence-corrected chi connectivity index (χ2v) is 22.4. The fraction of sp³-hybridized carbons (Fsp3) is 0.183. The predicted octanol–water partition coefficient (Wildman–Crippen LogP) is 19.0. The van der Waals surface area contributed by atoms with Gasteiger partial charge in [0.1, 0.15) is 0 Å². The molecule has 0 unspecified atom stereocenters. The van der Waals surface area contributed by atoms with Crippen molar-refractivity contribution in [2.75, 3.05) is 4.90 Å². The summed E-state index contributed by atoms with van der Waals surface area (Å²) in [4.78, 5) is 2.59. The second kappa shape index (κ2) is 15.9. The molecule has 346 valence electrons. The van der Waals surface area contributed by atoms with Crippen molar-refractivity contribution in [1.82, 2.24) is 0 Å². The van der Waals surface area contributed by atoms with Crippen molar-refractivity contribution in [2.24, 2.45) is 23.7 Å². The van der Waals surface area contributed by atoms with Gasteiger partial charge in [0.15, 0.2) is 0 Å². The minimum Gasteiger partial charge on any atom is -0.310 e. The zero-order valence-corrected chi connectivity index (χ0v) is 41.2. The molecule has 16 rings (SSSR count). The third kappa shape index (κ3) is 6.00. The van der Waals surface area contributed by atoms with Gasteiger partial charge < -0.3 is 4.90 Å². The average Bonchev–Trinajstić information content (AvgIpc) is 3.85. The van der Waals surface area contributed by atoms with Gasteiger partial charge in [-0.1, -0.05) is 208 Å². The molecule has 1 spiro atoms. The minimum atomic E-state index is -0.119. The van der Waals surface area contributed by atoms with Crippen molar-refractivity contribution >= 4 is 27.8 Å². The van der Waals surface area contributed by atoms with Crippen molar-refractivity contribution < 1.29 is 0 Å². The molecule has 0 N–H and O–H groups in total. The smallest absolute Gasteiger partial charge is 0.0540 e. The lowest BCUT2D eigenvalue weighted by atomic mass is 9.43. The fourth-order valence-corrected chi connectivity index (χ4v) is 15.9. The molecule has 0 radical (unpaired) electrons. The van der Waals surface area contributed by atoms with Crippen LogP contribution in [0.5, 0.6) is 0 Å². The van der Waals surface area contributed by atoms with E-state index < -0.39 is 0 Å². The minimum absolute atomic E-state index is 0.0574. The maximum atomic E-state index is 2.66. The molecule has 4 saturated carbocycles. The van der Waals surface area contributed by atoms with E-state index in [4.69, 9.17) is 0 Å². The number of hydrogen-bond acceptors (Lipinski definition) is 1. The summed E-state index contributed by atoms with van der Waals surface area (Å²) < 4.78 is 0. The van der Waals surface area contributed by atoms with E-state index in [-0.39, 0.29) is 10.8 Å². The molecule has 0 aliphatic heterocycles. The molecule has 6 aliphatic rings. The first-order valence-electron chi connectivity index (χ1n) is 26.6. The summed E-state index contributed by atoms with van der Waals surface area (Å²) in [7, 11) is 0. The Kier molecular flexibility index (Phi) is 9.26. The SMILES string of the molecule is CC1(C)c2ccccc2-c2cccc(-c3ccccc3-c3ccc(N(c4ccc5c(c4)C4(c6ccccc6-5)C5CC6CC(C5)CC4C6)c4ccccc4-c4cccc5cccc(-c6ccccc6)c45)cc3)c21. The molecular weight excluding hydrogens is 867 g/mol. The molecule has 1 heteroatoms. The van der Waals surface area contributed by atoms with E-state index in [1.165, 1.54) is 132 Å². The quantitative estimate of drug-likeness (QED) is 0.154. The van der Waals surface area contributed by atoms with E-state index in [1.807, 2.05) is 0 Å². The van der Waals surface area contributed by atoms with Crippen LogP contribution in [-0.2, 0) is 10.8 Å². The average molecular weight is 924 g/mol. The van der Waals surface area contributed by atoms with Gasteiger partial charge in [-0.25, -0.2) is 0 Å². The molecule has 10 aromatic rings. The van der Waals surface area contributed by atoms with E-state index in [2.05, 4.69) is 243 Å². The number of hydrogen-bond donors (Lipinski definition) is 0. The van der Waals surface area contributed by atoms with E-state index >= 15 is 0 Å². The molecule has 4 bridgehead atoms.